The number of aryl methyl sites for hydroxylation is 2. The SMILES string of the molecule is CCCC(=O)N1CCN(c2nc(C)nc(CC)c2Cc2ccccc2)CC1. The predicted molar refractivity (Wildman–Crippen MR) is 109 cm³/mol. The maximum atomic E-state index is 12.2. The molecule has 5 heteroatoms. The fraction of sp³-hybridized carbons (Fsp3) is 0.500. The Bertz CT molecular complexity index is 767. The Kier molecular flexibility index (Phi) is 6.43. The zero-order chi connectivity index (χ0) is 19.2. The molecule has 2 aromatic rings. The number of aromatic nitrogens is 2. The fourth-order valence-electron chi connectivity index (χ4n) is 3.71. The summed E-state index contributed by atoms with van der Waals surface area (Å²) in [5.74, 6) is 2.14. The van der Waals surface area contributed by atoms with E-state index in [1.165, 1.54) is 11.1 Å². The van der Waals surface area contributed by atoms with Gasteiger partial charge in [0.15, 0.2) is 0 Å². The summed E-state index contributed by atoms with van der Waals surface area (Å²) < 4.78 is 0. The van der Waals surface area contributed by atoms with E-state index >= 15 is 0 Å². The molecule has 3 rings (SSSR count). The van der Waals surface area contributed by atoms with E-state index < -0.39 is 0 Å². The number of benzene rings is 1. The Balaban J connectivity index is 1.84. The van der Waals surface area contributed by atoms with E-state index in [2.05, 4.69) is 43.0 Å². The van der Waals surface area contributed by atoms with Crippen molar-refractivity contribution in [1.29, 1.82) is 0 Å². The minimum absolute atomic E-state index is 0.273. The molecule has 0 bridgehead atoms. The lowest BCUT2D eigenvalue weighted by atomic mass is 10.0. The number of carbonyl (C=O) groups is 1. The molecule has 0 saturated carbocycles. The van der Waals surface area contributed by atoms with Gasteiger partial charge in [0.05, 0.1) is 0 Å². The minimum Gasteiger partial charge on any atom is -0.353 e. The molecule has 144 valence electrons. The molecular formula is C22H30N4O. The highest BCUT2D eigenvalue weighted by Crippen LogP contribution is 2.26. The van der Waals surface area contributed by atoms with Crippen LogP contribution < -0.4 is 4.90 Å². The van der Waals surface area contributed by atoms with E-state index in [1.807, 2.05) is 17.9 Å². The second kappa shape index (κ2) is 8.98. The lowest BCUT2D eigenvalue weighted by Gasteiger charge is -2.36. The van der Waals surface area contributed by atoms with Crippen molar-refractivity contribution in [3.8, 4) is 0 Å². The quantitative estimate of drug-likeness (QED) is 0.786. The number of nitrogens with zero attached hydrogens (tertiary/aromatic N) is 4. The van der Waals surface area contributed by atoms with Gasteiger partial charge in [0, 0.05) is 50.3 Å². The standard InChI is InChI=1S/C22H30N4O/c1-4-9-21(27)25-12-14-26(15-13-25)22-19(16-18-10-7-6-8-11-18)20(5-2)23-17(3)24-22/h6-8,10-11H,4-5,9,12-16H2,1-3H3. The molecule has 0 spiro atoms. The van der Waals surface area contributed by atoms with E-state index in [-0.39, 0.29) is 5.91 Å². The Morgan fingerprint density at radius 1 is 1.04 bits per heavy atom. The van der Waals surface area contributed by atoms with Crippen LogP contribution in [-0.4, -0.2) is 47.0 Å². The average Bonchev–Trinajstić information content (AvgIpc) is 2.70. The third-order valence-electron chi connectivity index (χ3n) is 5.14. The van der Waals surface area contributed by atoms with Crippen LogP contribution >= 0.6 is 0 Å². The van der Waals surface area contributed by atoms with Gasteiger partial charge in [-0.2, -0.15) is 0 Å². The van der Waals surface area contributed by atoms with Gasteiger partial charge in [-0.25, -0.2) is 9.97 Å². The van der Waals surface area contributed by atoms with Crippen LogP contribution in [0.1, 0.15) is 49.3 Å². The van der Waals surface area contributed by atoms with Crippen LogP contribution in [0.25, 0.3) is 0 Å². The second-order valence-corrected chi connectivity index (χ2v) is 7.15. The number of hydrogen-bond donors (Lipinski definition) is 0. The summed E-state index contributed by atoms with van der Waals surface area (Å²) in [6.07, 6.45) is 3.29. The summed E-state index contributed by atoms with van der Waals surface area (Å²) in [7, 11) is 0. The summed E-state index contributed by atoms with van der Waals surface area (Å²) in [5, 5.41) is 0. The number of anilines is 1. The highest BCUT2D eigenvalue weighted by atomic mass is 16.2. The van der Waals surface area contributed by atoms with Crippen molar-refractivity contribution in [2.45, 2.75) is 46.5 Å². The number of amides is 1. The Morgan fingerprint density at radius 2 is 1.74 bits per heavy atom. The fourth-order valence-corrected chi connectivity index (χ4v) is 3.71. The molecule has 1 aliphatic rings. The van der Waals surface area contributed by atoms with Crippen molar-refractivity contribution in [3.05, 3.63) is 53.0 Å². The number of hydrogen-bond acceptors (Lipinski definition) is 4. The summed E-state index contributed by atoms with van der Waals surface area (Å²) >= 11 is 0. The summed E-state index contributed by atoms with van der Waals surface area (Å²) in [6, 6.07) is 10.5. The van der Waals surface area contributed by atoms with Crippen molar-refractivity contribution >= 4 is 11.7 Å². The smallest absolute Gasteiger partial charge is 0.222 e. The average molecular weight is 367 g/mol. The zero-order valence-electron chi connectivity index (χ0n) is 16.7. The van der Waals surface area contributed by atoms with E-state index in [9.17, 15) is 4.79 Å². The Hall–Kier alpha value is -2.43. The van der Waals surface area contributed by atoms with Gasteiger partial charge >= 0.3 is 0 Å². The molecule has 1 amide bonds. The molecule has 1 aromatic heterocycles. The molecule has 5 nitrogen and oxygen atoms in total. The zero-order valence-corrected chi connectivity index (χ0v) is 16.7. The monoisotopic (exact) mass is 366 g/mol. The van der Waals surface area contributed by atoms with E-state index in [4.69, 9.17) is 9.97 Å². The van der Waals surface area contributed by atoms with Crippen LogP contribution in [0.15, 0.2) is 30.3 Å². The van der Waals surface area contributed by atoms with Crippen molar-refractivity contribution in [1.82, 2.24) is 14.9 Å². The maximum absolute atomic E-state index is 12.2. The van der Waals surface area contributed by atoms with Gasteiger partial charge in [-0.1, -0.05) is 44.2 Å². The molecule has 2 heterocycles. The summed E-state index contributed by atoms with van der Waals surface area (Å²) in [5.41, 5.74) is 3.63. The van der Waals surface area contributed by atoms with E-state index in [1.54, 1.807) is 0 Å². The predicted octanol–water partition coefficient (Wildman–Crippen LogP) is 3.39. The van der Waals surface area contributed by atoms with Crippen molar-refractivity contribution in [2.24, 2.45) is 0 Å². The maximum Gasteiger partial charge on any atom is 0.222 e. The van der Waals surface area contributed by atoms with Gasteiger partial charge in [-0.3, -0.25) is 4.79 Å². The van der Waals surface area contributed by atoms with Gasteiger partial charge in [0.2, 0.25) is 5.91 Å². The second-order valence-electron chi connectivity index (χ2n) is 7.15. The molecule has 0 aliphatic carbocycles. The molecule has 27 heavy (non-hydrogen) atoms. The van der Waals surface area contributed by atoms with Crippen LogP contribution in [0.5, 0.6) is 0 Å². The lowest BCUT2D eigenvalue weighted by Crippen LogP contribution is -2.49. The molecule has 1 aliphatic heterocycles. The first kappa shape index (κ1) is 19.3. The first-order valence-electron chi connectivity index (χ1n) is 10.0. The number of piperazine rings is 1. The van der Waals surface area contributed by atoms with Crippen molar-refractivity contribution in [3.63, 3.8) is 0 Å². The topological polar surface area (TPSA) is 49.3 Å². The molecule has 1 saturated heterocycles. The number of carbonyl (C=O) groups excluding carboxylic acids is 1. The first-order valence-corrected chi connectivity index (χ1v) is 10.0. The number of rotatable bonds is 6. The van der Waals surface area contributed by atoms with Gasteiger partial charge in [0.25, 0.3) is 0 Å². The van der Waals surface area contributed by atoms with Crippen LogP contribution in [0.2, 0.25) is 0 Å². The highest BCUT2D eigenvalue weighted by molar-refractivity contribution is 5.76. The van der Waals surface area contributed by atoms with Crippen LogP contribution in [0.3, 0.4) is 0 Å². The third kappa shape index (κ3) is 4.65. The van der Waals surface area contributed by atoms with Gasteiger partial charge in [0.1, 0.15) is 11.6 Å². The largest absolute Gasteiger partial charge is 0.353 e. The molecule has 1 fully saturated rings. The van der Waals surface area contributed by atoms with Gasteiger partial charge in [-0.05, 0) is 25.3 Å². The Morgan fingerprint density at radius 3 is 2.37 bits per heavy atom. The van der Waals surface area contributed by atoms with Crippen LogP contribution in [0.4, 0.5) is 5.82 Å². The van der Waals surface area contributed by atoms with Crippen LogP contribution in [-0.2, 0) is 17.6 Å². The molecule has 1 aromatic carbocycles. The van der Waals surface area contributed by atoms with Crippen LogP contribution in [0, 0.1) is 6.92 Å². The third-order valence-corrected chi connectivity index (χ3v) is 5.14. The van der Waals surface area contributed by atoms with Crippen molar-refractivity contribution < 1.29 is 4.79 Å². The highest BCUT2D eigenvalue weighted by Gasteiger charge is 2.24. The molecule has 0 unspecified atom stereocenters. The first-order chi connectivity index (χ1) is 13.1. The molecular weight excluding hydrogens is 336 g/mol. The van der Waals surface area contributed by atoms with Crippen molar-refractivity contribution in [2.75, 3.05) is 31.1 Å². The van der Waals surface area contributed by atoms with Gasteiger partial charge < -0.3 is 9.80 Å². The molecule has 0 radical (unpaired) electrons. The Labute approximate surface area is 162 Å². The summed E-state index contributed by atoms with van der Waals surface area (Å²) in [4.78, 5) is 26.0. The lowest BCUT2D eigenvalue weighted by molar-refractivity contribution is -0.131. The van der Waals surface area contributed by atoms with Gasteiger partial charge in [-0.15, -0.1) is 0 Å². The normalized spacial score (nSPS) is 14.5. The molecule has 0 N–H and O–H groups in total. The minimum atomic E-state index is 0.273. The van der Waals surface area contributed by atoms with E-state index in [0.717, 1.165) is 62.8 Å². The van der Waals surface area contributed by atoms with E-state index in [0.29, 0.717) is 6.42 Å². The summed E-state index contributed by atoms with van der Waals surface area (Å²) in [6.45, 7) is 9.38. The molecule has 0 atom stereocenters.